The van der Waals surface area contributed by atoms with Gasteiger partial charge in [-0.1, -0.05) is 38.4 Å². The van der Waals surface area contributed by atoms with Crippen LogP contribution >= 0.6 is 22.9 Å². The van der Waals surface area contributed by atoms with E-state index in [4.69, 9.17) is 16.0 Å². The molecule has 0 fully saturated rings. The molecule has 5 nitrogen and oxygen atoms in total. The van der Waals surface area contributed by atoms with Crippen molar-refractivity contribution in [3.8, 4) is 0 Å². The number of hydrogen-bond acceptors (Lipinski definition) is 4. The summed E-state index contributed by atoms with van der Waals surface area (Å²) in [5, 5.41) is 6.94. The average Bonchev–Trinajstić information content (AvgIpc) is 3.34. The summed E-state index contributed by atoms with van der Waals surface area (Å²) in [6.07, 6.45) is 4.17. The van der Waals surface area contributed by atoms with E-state index < -0.39 is 0 Å². The summed E-state index contributed by atoms with van der Waals surface area (Å²) in [5.74, 6) is 0.118. The number of nitrogens with one attached hydrogen (secondary N) is 2. The first-order chi connectivity index (χ1) is 14.7. The van der Waals surface area contributed by atoms with Crippen LogP contribution in [0.5, 0.6) is 0 Å². The molecule has 0 saturated carbocycles. The summed E-state index contributed by atoms with van der Waals surface area (Å²) in [4.78, 5) is 27.1. The molecular formula is C24H25ClN2O3S. The smallest absolute Gasteiger partial charge is 0.291 e. The molecule has 0 radical (unpaired) electrons. The lowest BCUT2D eigenvalue weighted by atomic mass is 9.72. The van der Waals surface area contributed by atoms with Gasteiger partial charge >= 0.3 is 0 Å². The fraction of sp³-hybridized carbons (Fsp3) is 0.333. The molecule has 2 N–H and O–H groups in total. The molecule has 162 valence electrons. The van der Waals surface area contributed by atoms with Crippen LogP contribution < -0.4 is 10.6 Å². The van der Waals surface area contributed by atoms with E-state index in [0.717, 1.165) is 29.7 Å². The Morgan fingerprint density at radius 1 is 1.13 bits per heavy atom. The molecule has 0 spiro atoms. The van der Waals surface area contributed by atoms with Gasteiger partial charge < -0.3 is 15.1 Å². The van der Waals surface area contributed by atoms with Crippen molar-refractivity contribution in [1.29, 1.82) is 0 Å². The van der Waals surface area contributed by atoms with E-state index in [1.807, 2.05) is 0 Å². The highest BCUT2D eigenvalue weighted by molar-refractivity contribution is 7.17. The van der Waals surface area contributed by atoms with Crippen molar-refractivity contribution in [3.63, 3.8) is 0 Å². The first kappa shape index (κ1) is 21.7. The lowest BCUT2D eigenvalue weighted by molar-refractivity contribution is 0.0997. The van der Waals surface area contributed by atoms with E-state index in [-0.39, 0.29) is 23.0 Å². The summed E-state index contributed by atoms with van der Waals surface area (Å²) >= 11 is 7.56. The zero-order valence-corrected chi connectivity index (χ0v) is 19.3. The number of benzene rings is 1. The number of carbonyl (C=O) groups is 2. The monoisotopic (exact) mass is 456 g/mol. The summed E-state index contributed by atoms with van der Waals surface area (Å²) in [7, 11) is 0. The summed E-state index contributed by atoms with van der Waals surface area (Å²) in [6.45, 7) is 6.76. The molecule has 3 aromatic rings. The van der Waals surface area contributed by atoms with Crippen LogP contribution in [0.2, 0.25) is 5.02 Å². The zero-order chi connectivity index (χ0) is 22.2. The van der Waals surface area contributed by atoms with Crippen LogP contribution in [0, 0.1) is 11.3 Å². The van der Waals surface area contributed by atoms with E-state index in [0.29, 0.717) is 27.2 Å². The molecule has 2 heterocycles. The number of thiophene rings is 1. The molecule has 1 aliphatic rings. The van der Waals surface area contributed by atoms with Gasteiger partial charge in [0.2, 0.25) is 0 Å². The van der Waals surface area contributed by atoms with Crippen LogP contribution in [0.1, 0.15) is 58.5 Å². The lowest BCUT2D eigenvalue weighted by Gasteiger charge is -2.33. The normalized spacial score (nSPS) is 15.9. The standard InChI is InChI=1S/C24H25ClN2O3S/c1-24(2,3)14-9-10-17-19(12-14)31-23(27-21(28)18-8-5-11-30-18)20(17)22(29)26-16-7-4-6-15(25)13-16/h4-8,11,13-14H,9-10,12H2,1-3H3,(H,26,29)(H,27,28). The molecule has 1 unspecified atom stereocenters. The third-order valence-electron chi connectivity index (χ3n) is 5.77. The van der Waals surface area contributed by atoms with E-state index in [9.17, 15) is 9.59 Å². The zero-order valence-electron chi connectivity index (χ0n) is 17.8. The number of anilines is 2. The third kappa shape index (κ3) is 4.70. The van der Waals surface area contributed by atoms with Crippen molar-refractivity contribution in [3.05, 3.63) is 69.4 Å². The molecule has 1 aliphatic carbocycles. The van der Waals surface area contributed by atoms with Crippen molar-refractivity contribution >= 4 is 45.4 Å². The van der Waals surface area contributed by atoms with Crippen molar-refractivity contribution in [2.45, 2.75) is 40.0 Å². The molecule has 1 aromatic carbocycles. The quantitative estimate of drug-likeness (QED) is 0.461. The van der Waals surface area contributed by atoms with Crippen LogP contribution in [-0.4, -0.2) is 11.8 Å². The maximum atomic E-state index is 13.3. The van der Waals surface area contributed by atoms with Gasteiger partial charge in [-0.15, -0.1) is 11.3 Å². The van der Waals surface area contributed by atoms with Crippen molar-refractivity contribution in [2.24, 2.45) is 11.3 Å². The van der Waals surface area contributed by atoms with Crippen molar-refractivity contribution < 1.29 is 14.0 Å². The highest BCUT2D eigenvalue weighted by atomic mass is 35.5. The van der Waals surface area contributed by atoms with Crippen LogP contribution in [0.15, 0.2) is 47.1 Å². The minimum atomic E-state index is -0.368. The Kier molecular flexibility index (Phi) is 5.95. The topological polar surface area (TPSA) is 71.3 Å². The number of hydrogen-bond donors (Lipinski definition) is 2. The fourth-order valence-electron chi connectivity index (χ4n) is 3.99. The van der Waals surface area contributed by atoms with Crippen LogP contribution in [0.3, 0.4) is 0 Å². The first-order valence-electron chi connectivity index (χ1n) is 10.3. The Bertz CT molecular complexity index is 1110. The molecule has 0 aliphatic heterocycles. The molecule has 0 saturated heterocycles. The van der Waals surface area contributed by atoms with Gasteiger partial charge in [-0.2, -0.15) is 0 Å². The average molecular weight is 457 g/mol. The maximum absolute atomic E-state index is 13.3. The number of carbonyl (C=O) groups excluding carboxylic acids is 2. The number of halogens is 1. The number of fused-ring (bicyclic) bond motifs is 1. The van der Waals surface area contributed by atoms with Gasteiger partial charge in [-0.05, 0) is 66.5 Å². The van der Waals surface area contributed by atoms with Crippen LogP contribution in [0.4, 0.5) is 10.7 Å². The lowest BCUT2D eigenvalue weighted by Crippen LogP contribution is -2.27. The predicted octanol–water partition coefficient (Wildman–Crippen LogP) is 6.65. The summed E-state index contributed by atoms with van der Waals surface area (Å²) in [5.41, 5.74) is 2.36. The van der Waals surface area contributed by atoms with E-state index >= 15 is 0 Å². The van der Waals surface area contributed by atoms with Gasteiger partial charge in [0.15, 0.2) is 5.76 Å². The number of rotatable bonds is 4. The molecule has 31 heavy (non-hydrogen) atoms. The molecule has 4 rings (SSSR count). The van der Waals surface area contributed by atoms with Gasteiger partial charge in [0.05, 0.1) is 11.8 Å². The third-order valence-corrected chi connectivity index (χ3v) is 7.18. The van der Waals surface area contributed by atoms with Gasteiger partial charge in [-0.3, -0.25) is 9.59 Å². The minimum absolute atomic E-state index is 0.183. The van der Waals surface area contributed by atoms with E-state index in [2.05, 4.69) is 31.4 Å². The Morgan fingerprint density at radius 2 is 1.94 bits per heavy atom. The Morgan fingerprint density at radius 3 is 2.61 bits per heavy atom. The van der Waals surface area contributed by atoms with Gasteiger partial charge in [0.1, 0.15) is 5.00 Å². The number of furan rings is 1. The Balaban J connectivity index is 1.68. The molecule has 1 atom stereocenters. The van der Waals surface area contributed by atoms with E-state index in [1.165, 1.54) is 17.6 Å². The molecule has 7 heteroatoms. The first-order valence-corrected chi connectivity index (χ1v) is 11.5. The van der Waals surface area contributed by atoms with Crippen molar-refractivity contribution in [1.82, 2.24) is 0 Å². The van der Waals surface area contributed by atoms with Gasteiger partial charge in [0, 0.05) is 15.6 Å². The van der Waals surface area contributed by atoms with Gasteiger partial charge in [0.25, 0.3) is 11.8 Å². The Hall–Kier alpha value is -2.57. The highest BCUT2D eigenvalue weighted by Crippen LogP contribution is 2.44. The summed E-state index contributed by atoms with van der Waals surface area (Å²) in [6, 6.07) is 10.3. The largest absolute Gasteiger partial charge is 0.459 e. The molecule has 2 amide bonds. The molecular weight excluding hydrogens is 432 g/mol. The van der Waals surface area contributed by atoms with Crippen LogP contribution in [0.25, 0.3) is 0 Å². The second-order valence-electron chi connectivity index (χ2n) is 8.91. The number of amides is 2. The summed E-state index contributed by atoms with van der Waals surface area (Å²) < 4.78 is 5.22. The second kappa shape index (κ2) is 8.52. The molecule has 2 aromatic heterocycles. The van der Waals surface area contributed by atoms with Crippen LogP contribution in [-0.2, 0) is 12.8 Å². The van der Waals surface area contributed by atoms with Crippen molar-refractivity contribution in [2.75, 3.05) is 10.6 Å². The fourth-order valence-corrected chi connectivity index (χ4v) is 5.50. The van der Waals surface area contributed by atoms with Gasteiger partial charge in [-0.25, -0.2) is 0 Å². The second-order valence-corrected chi connectivity index (χ2v) is 10.5. The van der Waals surface area contributed by atoms with E-state index in [1.54, 1.807) is 36.4 Å². The highest BCUT2D eigenvalue weighted by Gasteiger charge is 2.34. The SMILES string of the molecule is CC(C)(C)C1CCc2c(sc(NC(=O)c3ccco3)c2C(=O)Nc2cccc(Cl)c2)C1. The molecule has 0 bridgehead atoms. The minimum Gasteiger partial charge on any atom is -0.459 e. The maximum Gasteiger partial charge on any atom is 0.291 e. The predicted molar refractivity (Wildman–Crippen MR) is 125 cm³/mol. The Labute approximate surface area is 190 Å².